The molecule has 1 aromatic carbocycles. The number of nitrogens with zero attached hydrogens (tertiary/aromatic N) is 1. The zero-order valence-electron chi connectivity index (χ0n) is 14.0. The molecule has 7 nitrogen and oxygen atoms in total. The van der Waals surface area contributed by atoms with Gasteiger partial charge in [-0.3, -0.25) is 14.5 Å². The summed E-state index contributed by atoms with van der Waals surface area (Å²) in [6.45, 7) is 3.34. The Kier molecular flexibility index (Phi) is 6.89. The van der Waals surface area contributed by atoms with Gasteiger partial charge >= 0.3 is 6.03 Å². The highest BCUT2D eigenvalue weighted by molar-refractivity contribution is 6.09. The fraction of sp³-hybridized carbons (Fsp3) is 0.438. The van der Waals surface area contributed by atoms with Gasteiger partial charge < -0.3 is 16.4 Å². The fourth-order valence-corrected chi connectivity index (χ4v) is 2.46. The second kappa shape index (κ2) is 8.26. The third-order valence-corrected chi connectivity index (χ3v) is 3.92. The summed E-state index contributed by atoms with van der Waals surface area (Å²) in [6.07, 6.45) is 0.596. The van der Waals surface area contributed by atoms with Gasteiger partial charge in [0.1, 0.15) is 17.9 Å². The minimum atomic E-state index is -1.32. The van der Waals surface area contributed by atoms with Crippen LogP contribution < -0.4 is 16.4 Å². The van der Waals surface area contributed by atoms with Crippen molar-refractivity contribution in [2.45, 2.75) is 31.8 Å². The Labute approximate surface area is 151 Å². The van der Waals surface area contributed by atoms with E-state index in [-0.39, 0.29) is 25.0 Å². The molecule has 2 atom stereocenters. The summed E-state index contributed by atoms with van der Waals surface area (Å²) in [4.78, 5) is 37.4. The van der Waals surface area contributed by atoms with Crippen molar-refractivity contribution in [3.63, 3.8) is 0 Å². The van der Waals surface area contributed by atoms with Gasteiger partial charge in [-0.2, -0.15) is 0 Å². The second-order valence-corrected chi connectivity index (χ2v) is 6.07. The van der Waals surface area contributed by atoms with E-state index in [9.17, 15) is 18.8 Å². The van der Waals surface area contributed by atoms with Gasteiger partial charge in [-0.25, -0.2) is 9.18 Å². The minimum Gasteiger partial charge on any atom is -0.354 e. The number of carbonyl (C=O) groups excluding carboxylic acids is 3. The van der Waals surface area contributed by atoms with Gasteiger partial charge in [0, 0.05) is 12.6 Å². The van der Waals surface area contributed by atoms with Crippen LogP contribution in [0.25, 0.3) is 0 Å². The lowest BCUT2D eigenvalue weighted by Crippen LogP contribution is -2.43. The number of imide groups is 1. The van der Waals surface area contributed by atoms with E-state index in [1.54, 1.807) is 0 Å². The molecule has 1 heterocycles. The van der Waals surface area contributed by atoms with Crippen LogP contribution in [0.2, 0.25) is 0 Å². The first kappa shape index (κ1) is 20.9. The summed E-state index contributed by atoms with van der Waals surface area (Å²) < 4.78 is 13.1. The van der Waals surface area contributed by atoms with Crippen LogP contribution in [0.15, 0.2) is 24.3 Å². The van der Waals surface area contributed by atoms with E-state index in [1.165, 1.54) is 31.2 Å². The Morgan fingerprint density at radius 1 is 1.36 bits per heavy atom. The molecular weight excluding hydrogens is 351 g/mol. The van der Waals surface area contributed by atoms with Crippen LogP contribution in [-0.2, 0) is 15.1 Å². The molecule has 1 saturated heterocycles. The molecule has 0 saturated carbocycles. The highest BCUT2D eigenvalue weighted by atomic mass is 35.5. The molecule has 2 unspecified atom stereocenters. The molecule has 1 aromatic rings. The van der Waals surface area contributed by atoms with Crippen LogP contribution in [-0.4, -0.2) is 41.9 Å². The molecule has 0 bridgehead atoms. The number of amides is 4. The molecule has 1 aliphatic heterocycles. The highest BCUT2D eigenvalue weighted by Crippen LogP contribution is 2.28. The van der Waals surface area contributed by atoms with Crippen LogP contribution in [0.5, 0.6) is 0 Å². The van der Waals surface area contributed by atoms with Gasteiger partial charge in [-0.05, 0) is 38.0 Å². The summed E-state index contributed by atoms with van der Waals surface area (Å²) in [7, 11) is 0. The molecule has 1 aliphatic rings. The lowest BCUT2D eigenvalue weighted by Gasteiger charge is -2.22. The predicted octanol–water partition coefficient (Wildman–Crippen LogP) is 0.868. The van der Waals surface area contributed by atoms with Crippen LogP contribution in [0.3, 0.4) is 0 Å². The summed E-state index contributed by atoms with van der Waals surface area (Å²) in [6, 6.07) is 4.57. The monoisotopic (exact) mass is 372 g/mol. The molecule has 9 heteroatoms. The van der Waals surface area contributed by atoms with Crippen LogP contribution >= 0.6 is 12.4 Å². The Balaban J connectivity index is 0.00000312. The quantitative estimate of drug-likeness (QED) is 0.644. The number of nitrogens with one attached hydrogen (secondary N) is 2. The number of nitrogens with two attached hydrogens (primary N) is 1. The van der Waals surface area contributed by atoms with Crippen LogP contribution in [0, 0.1) is 5.82 Å². The van der Waals surface area contributed by atoms with Crippen molar-refractivity contribution in [3.8, 4) is 0 Å². The number of urea groups is 1. The van der Waals surface area contributed by atoms with Crippen LogP contribution in [0.4, 0.5) is 9.18 Å². The first-order chi connectivity index (χ1) is 11.2. The third-order valence-electron chi connectivity index (χ3n) is 3.92. The standard InChI is InChI=1S/C16H21FN4O3.ClH/c1-10(18)7-8-19-13(22)9-21-14(23)16(2,20-15(21)24)11-3-5-12(17)6-4-11;/h3-6,10H,7-9,18H2,1-2H3,(H,19,22)(H,20,24);1H. The molecule has 1 fully saturated rings. The molecule has 2 rings (SSSR count). The number of rotatable bonds is 6. The smallest absolute Gasteiger partial charge is 0.325 e. The molecule has 138 valence electrons. The molecule has 4 amide bonds. The number of hydrogen-bond acceptors (Lipinski definition) is 4. The minimum absolute atomic E-state index is 0. The largest absolute Gasteiger partial charge is 0.354 e. The van der Waals surface area contributed by atoms with E-state index < -0.39 is 29.2 Å². The Morgan fingerprint density at radius 3 is 2.52 bits per heavy atom. The first-order valence-electron chi connectivity index (χ1n) is 7.66. The maximum atomic E-state index is 13.1. The topological polar surface area (TPSA) is 105 Å². The maximum Gasteiger partial charge on any atom is 0.325 e. The summed E-state index contributed by atoms with van der Waals surface area (Å²) in [5.41, 5.74) is 4.71. The van der Waals surface area contributed by atoms with Crippen molar-refractivity contribution in [1.29, 1.82) is 0 Å². The average molecular weight is 373 g/mol. The summed E-state index contributed by atoms with van der Waals surface area (Å²) >= 11 is 0. The lowest BCUT2D eigenvalue weighted by atomic mass is 9.92. The number of hydrogen-bond donors (Lipinski definition) is 3. The van der Waals surface area contributed by atoms with E-state index in [2.05, 4.69) is 10.6 Å². The predicted molar refractivity (Wildman–Crippen MR) is 92.5 cm³/mol. The zero-order chi connectivity index (χ0) is 17.9. The highest BCUT2D eigenvalue weighted by Gasteiger charge is 2.49. The number of halogens is 2. The SMILES string of the molecule is CC(N)CCNC(=O)CN1C(=O)NC(C)(c2ccc(F)cc2)C1=O.Cl. The molecule has 0 aliphatic carbocycles. The van der Waals surface area contributed by atoms with Crippen molar-refractivity contribution in [2.24, 2.45) is 5.73 Å². The van der Waals surface area contributed by atoms with Gasteiger partial charge in [0.2, 0.25) is 5.91 Å². The van der Waals surface area contributed by atoms with E-state index >= 15 is 0 Å². The van der Waals surface area contributed by atoms with E-state index in [1.807, 2.05) is 6.92 Å². The summed E-state index contributed by atoms with van der Waals surface area (Å²) in [5.74, 6) is -1.44. The molecule has 0 aromatic heterocycles. The zero-order valence-corrected chi connectivity index (χ0v) is 14.9. The molecular formula is C16H22ClFN4O3. The Morgan fingerprint density at radius 2 is 1.96 bits per heavy atom. The molecule has 0 radical (unpaired) electrons. The third kappa shape index (κ3) is 4.67. The first-order valence-corrected chi connectivity index (χ1v) is 7.66. The Hall–Kier alpha value is -2.19. The molecule has 0 spiro atoms. The van der Waals surface area contributed by atoms with Crippen molar-refractivity contribution < 1.29 is 18.8 Å². The van der Waals surface area contributed by atoms with Crippen molar-refractivity contribution in [3.05, 3.63) is 35.6 Å². The normalized spacial score (nSPS) is 20.7. The van der Waals surface area contributed by atoms with Crippen molar-refractivity contribution in [1.82, 2.24) is 15.5 Å². The molecule has 4 N–H and O–H groups in total. The summed E-state index contributed by atoms with van der Waals surface area (Å²) in [5, 5.41) is 5.17. The van der Waals surface area contributed by atoms with Gasteiger partial charge in [0.25, 0.3) is 5.91 Å². The number of carbonyl (C=O) groups is 3. The Bertz CT molecular complexity index is 653. The number of benzene rings is 1. The average Bonchev–Trinajstić information content (AvgIpc) is 2.72. The maximum absolute atomic E-state index is 13.1. The van der Waals surface area contributed by atoms with Crippen molar-refractivity contribution >= 4 is 30.3 Å². The van der Waals surface area contributed by atoms with Crippen molar-refractivity contribution in [2.75, 3.05) is 13.1 Å². The van der Waals surface area contributed by atoms with Crippen LogP contribution in [0.1, 0.15) is 25.8 Å². The molecule has 25 heavy (non-hydrogen) atoms. The van der Waals surface area contributed by atoms with Gasteiger partial charge in [0.05, 0.1) is 0 Å². The van der Waals surface area contributed by atoms with E-state index in [0.29, 0.717) is 18.5 Å². The second-order valence-electron chi connectivity index (χ2n) is 6.07. The van der Waals surface area contributed by atoms with E-state index in [0.717, 1.165) is 4.90 Å². The van der Waals surface area contributed by atoms with Gasteiger partial charge in [-0.1, -0.05) is 12.1 Å². The van der Waals surface area contributed by atoms with Gasteiger partial charge in [0.15, 0.2) is 0 Å². The van der Waals surface area contributed by atoms with Gasteiger partial charge in [-0.15, -0.1) is 12.4 Å². The lowest BCUT2D eigenvalue weighted by molar-refractivity contribution is -0.134. The van der Waals surface area contributed by atoms with E-state index in [4.69, 9.17) is 5.73 Å². The fourth-order valence-electron chi connectivity index (χ4n) is 2.46.